The maximum atomic E-state index is 5.56. The molecule has 0 aromatic carbocycles. The van der Waals surface area contributed by atoms with Gasteiger partial charge in [0.1, 0.15) is 11.9 Å². The van der Waals surface area contributed by atoms with Crippen LogP contribution in [0.2, 0.25) is 0 Å². The Kier molecular flexibility index (Phi) is 4.57. The van der Waals surface area contributed by atoms with Crippen molar-refractivity contribution < 1.29 is 9.15 Å². The van der Waals surface area contributed by atoms with Crippen molar-refractivity contribution in [3.63, 3.8) is 0 Å². The zero-order chi connectivity index (χ0) is 9.52. The van der Waals surface area contributed by atoms with Gasteiger partial charge in [0, 0.05) is 13.2 Å². The van der Waals surface area contributed by atoms with Gasteiger partial charge < -0.3 is 14.9 Å². The van der Waals surface area contributed by atoms with E-state index in [9.17, 15) is 0 Å². The summed E-state index contributed by atoms with van der Waals surface area (Å²) in [5, 5.41) is 0. The quantitative estimate of drug-likeness (QED) is 0.687. The first-order valence-electron chi connectivity index (χ1n) is 4.73. The van der Waals surface area contributed by atoms with Crippen LogP contribution in [0, 0.1) is 0 Å². The molecule has 0 aliphatic heterocycles. The lowest BCUT2D eigenvalue weighted by Crippen LogP contribution is -2.15. The fourth-order valence-electron chi connectivity index (χ4n) is 1.11. The van der Waals surface area contributed by atoms with Gasteiger partial charge in [0.2, 0.25) is 0 Å². The first-order chi connectivity index (χ1) is 6.38. The van der Waals surface area contributed by atoms with E-state index in [1.165, 1.54) is 0 Å². The number of furan rings is 1. The van der Waals surface area contributed by atoms with Crippen LogP contribution in [0.3, 0.4) is 0 Å². The van der Waals surface area contributed by atoms with E-state index in [1.807, 2.05) is 12.1 Å². The van der Waals surface area contributed by atoms with Crippen LogP contribution in [-0.2, 0) is 4.74 Å². The smallest absolute Gasteiger partial charge is 0.133 e. The van der Waals surface area contributed by atoms with Crippen LogP contribution in [0.4, 0.5) is 0 Å². The molecule has 0 saturated heterocycles. The third-order valence-corrected chi connectivity index (χ3v) is 1.89. The van der Waals surface area contributed by atoms with Crippen molar-refractivity contribution in [3.05, 3.63) is 24.2 Å². The molecule has 0 radical (unpaired) electrons. The Morgan fingerprint density at radius 2 is 2.46 bits per heavy atom. The summed E-state index contributed by atoms with van der Waals surface area (Å²) in [6, 6.07) is 3.74. The molecule has 1 rings (SSSR count). The Balaban J connectivity index is 2.35. The Hall–Kier alpha value is -0.800. The van der Waals surface area contributed by atoms with Crippen LogP contribution in [0.25, 0.3) is 0 Å². The molecule has 1 heterocycles. The third-order valence-electron chi connectivity index (χ3n) is 1.89. The predicted octanol–water partition coefficient (Wildman–Crippen LogP) is 2.10. The number of rotatable bonds is 6. The van der Waals surface area contributed by atoms with Crippen LogP contribution in [0.15, 0.2) is 22.8 Å². The van der Waals surface area contributed by atoms with E-state index in [4.69, 9.17) is 14.9 Å². The number of nitrogens with two attached hydrogens (primary N) is 1. The summed E-state index contributed by atoms with van der Waals surface area (Å²) in [7, 11) is 0. The van der Waals surface area contributed by atoms with E-state index in [0.717, 1.165) is 25.2 Å². The lowest BCUT2D eigenvalue weighted by Gasteiger charge is -2.12. The molecule has 0 aliphatic rings. The van der Waals surface area contributed by atoms with Crippen molar-refractivity contribution in [2.75, 3.05) is 13.2 Å². The second kappa shape index (κ2) is 5.78. The van der Waals surface area contributed by atoms with Gasteiger partial charge in [-0.2, -0.15) is 0 Å². The van der Waals surface area contributed by atoms with Gasteiger partial charge in [-0.1, -0.05) is 13.3 Å². The Labute approximate surface area is 78.9 Å². The van der Waals surface area contributed by atoms with Gasteiger partial charge in [0.15, 0.2) is 0 Å². The van der Waals surface area contributed by atoms with Crippen molar-refractivity contribution in [2.45, 2.75) is 25.9 Å². The highest BCUT2D eigenvalue weighted by Crippen LogP contribution is 2.16. The van der Waals surface area contributed by atoms with Gasteiger partial charge in [0.05, 0.1) is 6.26 Å². The molecule has 0 bridgehead atoms. The predicted molar refractivity (Wildman–Crippen MR) is 51.4 cm³/mol. The van der Waals surface area contributed by atoms with Crippen LogP contribution in [-0.4, -0.2) is 13.2 Å². The molecule has 13 heavy (non-hydrogen) atoms. The topological polar surface area (TPSA) is 48.4 Å². The van der Waals surface area contributed by atoms with E-state index in [0.29, 0.717) is 6.54 Å². The minimum Gasteiger partial charge on any atom is -0.467 e. The highest BCUT2D eigenvalue weighted by molar-refractivity contribution is 5.02. The zero-order valence-electron chi connectivity index (χ0n) is 8.03. The minimum atomic E-state index is -0.0819. The van der Waals surface area contributed by atoms with Crippen LogP contribution in [0.5, 0.6) is 0 Å². The Bertz CT molecular complexity index is 209. The summed E-state index contributed by atoms with van der Waals surface area (Å²) in [6.07, 6.45) is 3.76. The summed E-state index contributed by atoms with van der Waals surface area (Å²) in [5.41, 5.74) is 5.56. The molecule has 1 atom stereocenters. The minimum absolute atomic E-state index is 0.0819. The third kappa shape index (κ3) is 3.20. The van der Waals surface area contributed by atoms with Gasteiger partial charge in [-0.25, -0.2) is 0 Å². The molecule has 74 valence electrons. The van der Waals surface area contributed by atoms with Crippen LogP contribution >= 0.6 is 0 Å². The highest BCUT2D eigenvalue weighted by Gasteiger charge is 2.11. The van der Waals surface area contributed by atoms with Crippen molar-refractivity contribution in [3.8, 4) is 0 Å². The molecule has 1 aromatic rings. The maximum Gasteiger partial charge on any atom is 0.133 e. The van der Waals surface area contributed by atoms with Crippen molar-refractivity contribution in [1.29, 1.82) is 0 Å². The van der Waals surface area contributed by atoms with Crippen LogP contribution < -0.4 is 5.73 Å². The fraction of sp³-hybridized carbons (Fsp3) is 0.600. The summed E-state index contributed by atoms with van der Waals surface area (Å²) < 4.78 is 10.8. The molecule has 2 N–H and O–H groups in total. The number of hydrogen-bond donors (Lipinski definition) is 1. The second-order valence-electron chi connectivity index (χ2n) is 2.96. The standard InChI is InChI=1S/C10H17NO2/c1-2-3-6-13-10(8-11)9-5-4-7-12-9/h4-5,7,10H,2-3,6,8,11H2,1H3. The molecule has 3 heteroatoms. The van der Waals surface area contributed by atoms with Gasteiger partial charge in [-0.3, -0.25) is 0 Å². The van der Waals surface area contributed by atoms with Gasteiger partial charge in [-0.15, -0.1) is 0 Å². The van der Waals surface area contributed by atoms with E-state index >= 15 is 0 Å². The molecule has 3 nitrogen and oxygen atoms in total. The first-order valence-corrected chi connectivity index (χ1v) is 4.73. The lowest BCUT2D eigenvalue weighted by atomic mass is 10.2. The summed E-state index contributed by atoms with van der Waals surface area (Å²) >= 11 is 0. The lowest BCUT2D eigenvalue weighted by molar-refractivity contribution is 0.0420. The molecular weight excluding hydrogens is 166 g/mol. The molecular formula is C10H17NO2. The zero-order valence-corrected chi connectivity index (χ0v) is 8.03. The molecule has 0 aliphatic carbocycles. The molecule has 0 spiro atoms. The number of ether oxygens (including phenoxy) is 1. The van der Waals surface area contributed by atoms with Crippen LogP contribution in [0.1, 0.15) is 31.6 Å². The van der Waals surface area contributed by atoms with E-state index < -0.39 is 0 Å². The maximum absolute atomic E-state index is 5.56. The molecule has 1 aromatic heterocycles. The Morgan fingerprint density at radius 3 is 3.00 bits per heavy atom. The fourth-order valence-corrected chi connectivity index (χ4v) is 1.11. The summed E-state index contributed by atoms with van der Waals surface area (Å²) in [5.74, 6) is 0.818. The van der Waals surface area contributed by atoms with E-state index in [1.54, 1.807) is 6.26 Å². The summed E-state index contributed by atoms with van der Waals surface area (Å²) in [4.78, 5) is 0. The first kappa shape index (κ1) is 10.3. The molecule has 1 unspecified atom stereocenters. The largest absolute Gasteiger partial charge is 0.467 e. The van der Waals surface area contributed by atoms with Crippen molar-refractivity contribution in [1.82, 2.24) is 0 Å². The van der Waals surface area contributed by atoms with E-state index in [-0.39, 0.29) is 6.10 Å². The Morgan fingerprint density at radius 1 is 1.62 bits per heavy atom. The SMILES string of the molecule is CCCCOC(CN)c1ccco1. The molecule has 0 amide bonds. The average Bonchev–Trinajstić information content (AvgIpc) is 2.65. The van der Waals surface area contributed by atoms with Gasteiger partial charge in [-0.05, 0) is 18.6 Å². The monoisotopic (exact) mass is 183 g/mol. The number of hydrogen-bond acceptors (Lipinski definition) is 3. The average molecular weight is 183 g/mol. The highest BCUT2D eigenvalue weighted by atomic mass is 16.5. The molecule has 0 saturated carbocycles. The summed E-state index contributed by atoms with van der Waals surface area (Å²) in [6.45, 7) is 3.35. The van der Waals surface area contributed by atoms with E-state index in [2.05, 4.69) is 6.92 Å². The molecule has 0 fully saturated rings. The normalized spacial score (nSPS) is 13.1. The number of unbranched alkanes of at least 4 members (excludes halogenated alkanes) is 1. The van der Waals surface area contributed by atoms with Crippen molar-refractivity contribution in [2.24, 2.45) is 5.73 Å². The van der Waals surface area contributed by atoms with Gasteiger partial charge in [0.25, 0.3) is 0 Å². The van der Waals surface area contributed by atoms with Crippen molar-refractivity contribution >= 4 is 0 Å². The second-order valence-corrected chi connectivity index (χ2v) is 2.96. The van der Waals surface area contributed by atoms with Gasteiger partial charge >= 0.3 is 0 Å².